The summed E-state index contributed by atoms with van der Waals surface area (Å²) in [7, 11) is 0. The van der Waals surface area contributed by atoms with Crippen molar-refractivity contribution in [1.29, 1.82) is 0 Å². The maximum absolute atomic E-state index is 12.6. The van der Waals surface area contributed by atoms with E-state index in [1.807, 2.05) is 12.1 Å². The highest BCUT2D eigenvalue weighted by Gasteiger charge is 2.61. The number of hydrogen-bond donors (Lipinski definition) is 2. The molecule has 2 N–H and O–H groups in total. The first-order valence-corrected chi connectivity index (χ1v) is 8.15. The third kappa shape index (κ3) is 2.17. The van der Waals surface area contributed by atoms with Gasteiger partial charge in [0, 0.05) is 11.9 Å². The van der Waals surface area contributed by atoms with Crippen molar-refractivity contribution in [2.75, 3.05) is 6.54 Å². The third-order valence-electron chi connectivity index (χ3n) is 5.97. The summed E-state index contributed by atoms with van der Waals surface area (Å²) in [6, 6.07) is 3.93. The molecule has 2 aromatic rings. The Hall–Kier alpha value is -1.59. The Kier molecular flexibility index (Phi) is 3.39. The molecule has 23 heavy (non-hydrogen) atoms. The van der Waals surface area contributed by atoms with Crippen LogP contribution in [0.3, 0.4) is 0 Å². The van der Waals surface area contributed by atoms with E-state index in [-0.39, 0.29) is 29.9 Å². The lowest BCUT2D eigenvalue weighted by Gasteiger charge is -2.48. The van der Waals surface area contributed by atoms with E-state index in [1.54, 1.807) is 12.5 Å². The van der Waals surface area contributed by atoms with Gasteiger partial charge < -0.3 is 15.1 Å². The Morgan fingerprint density at radius 2 is 2.13 bits per heavy atom. The zero-order chi connectivity index (χ0) is 14.7. The lowest BCUT2D eigenvalue weighted by Crippen LogP contribution is -2.60. The van der Waals surface area contributed by atoms with E-state index in [9.17, 15) is 4.79 Å². The molecule has 1 amide bonds. The summed E-state index contributed by atoms with van der Waals surface area (Å²) in [5.41, 5.74) is 1.37. The van der Waals surface area contributed by atoms with Gasteiger partial charge in [0.05, 0.1) is 24.0 Å². The van der Waals surface area contributed by atoms with Gasteiger partial charge in [-0.15, -0.1) is 12.4 Å². The maximum Gasteiger partial charge on any atom is 0.270 e. The molecule has 0 radical (unpaired) electrons. The van der Waals surface area contributed by atoms with Crippen LogP contribution < -0.4 is 10.6 Å². The number of nitrogens with one attached hydrogen (secondary N) is 2. The fourth-order valence-electron chi connectivity index (χ4n) is 4.71. The molecule has 2 atom stereocenters. The number of fused-ring (bicyclic) bond motifs is 3. The molecule has 1 saturated heterocycles. The van der Waals surface area contributed by atoms with Crippen molar-refractivity contribution in [3.63, 3.8) is 0 Å². The fourth-order valence-corrected chi connectivity index (χ4v) is 4.71. The van der Waals surface area contributed by atoms with Crippen LogP contribution in [0.4, 0.5) is 0 Å². The van der Waals surface area contributed by atoms with Crippen molar-refractivity contribution in [2.24, 2.45) is 11.8 Å². The van der Waals surface area contributed by atoms with Gasteiger partial charge >= 0.3 is 0 Å². The molecule has 1 unspecified atom stereocenters. The van der Waals surface area contributed by atoms with Crippen LogP contribution in [0.2, 0.25) is 0 Å². The Labute approximate surface area is 140 Å². The Balaban J connectivity index is 0.00000135. The average Bonchev–Trinajstić information content (AvgIpc) is 3.18. The molecular weight excluding hydrogens is 314 g/mol. The van der Waals surface area contributed by atoms with E-state index in [0.29, 0.717) is 17.2 Å². The second-order valence-electron chi connectivity index (χ2n) is 6.98. The molecule has 3 saturated carbocycles. The van der Waals surface area contributed by atoms with Crippen LogP contribution in [0.25, 0.3) is 11.0 Å². The van der Waals surface area contributed by atoms with Crippen LogP contribution in [0.15, 0.2) is 29.0 Å². The Morgan fingerprint density at radius 3 is 2.87 bits per heavy atom. The van der Waals surface area contributed by atoms with Crippen LogP contribution in [0, 0.1) is 11.8 Å². The van der Waals surface area contributed by atoms with Gasteiger partial charge in [0.25, 0.3) is 5.91 Å². The number of nitrogens with zero attached hydrogens (tertiary/aromatic N) is 1. The van der Waals surface area contributed by atoms with Gasteiger partial charge in [-0.25, -0.2) is 4.98 Å². The third-order valence-corrected chi connectivity index (χ3v) is 5.97. The molecule has 0 aromatic carbocycles. The van der Waals surface area contributed by atoms with Crippen LogP contribution in [0.5, 0.6) is 0 Å². The first kappa shape index (κ1) is 15.0. The van der Waals surface area contributed by atoms with Crippen LogP contribution in [-0.2, 0) is 0 Å². The molecule has 3 aliphatic carbocycles. The lowest BCUT2D eigenvalue weighted by molar-refractivity contribution is 0.0631. The largest absolute Gasteiger partial charge is 0.463 e. The van der Waals surface area contributed by atoms with Crippen LogP contribution >= 0.6 is 12.4 Å². The minimum absolute atomic E-state index is 0. The predicted octanol–water partition coefficient (Wildman–Crippen LogP) is 2.51. The molecule has 3 heterocycles. The predicted molar refractivity (Wildman–Crippen MR) is 88.7 cm³/mol. The Bertz CT molecular complexity index is 747. The van der Waals surface area contributed by atoms with Crippen molar-refractivity contribution in [2.45, 2.75) is 37.3 Å². The van der Waals surface area contributed by atoms with Gasteiger partial charge in [-0.1, -0.05) is 0 Å². The molecule has 5 nitrogen and oxygen atoms in total. The zero-order valence-electron chi connectivity index (χ0n) is 12.7. The van der Waals surface area contributed by atoms with E-state index in [2.05, 4.69) is 15.6 Å². The van der Waals surface area contributed by atoms with Crippen molar-refractivity contribution >= 4 is 29.3 Å². The molecule has 4 fully saturated rings. The molecule has 4 aliphatic rings. The smallest absolute Gasteiger partial charge is 0.270 e. The van der Waals surface area contributed by atoms with Gasteiger partial charge in [0.2, 0.25) is 0 Å². The lowest BCUT2D eigenvalue weighted by atomic mass is 9.61. The van der Waals surface area contributed by atoms with Crippen molar-refractivity contribution < 1.29 is 9.21 Å². The normalized spacial score (nSPS) is 34.3. The number of halogens is 1. The topological polar surface area (TPSA) is 77.1 Å². The molecular formula is C17H20ClN3O2. The SMILES string of the molecule is Cl.O=C(NC1C2CCC(CC2)[C@@]12CN2)c1cc2ccoc2cn1. The second-order valence-corrected chi connectivity index (χ2v) is 6.98. The first-order chi connectivity index (χ1) is 10.8. The summed E-state index contributed by atoms with van der Waals surface area (Å²) in [6.45, 7) is 1.05. The first-order valence-electron chi connectivity index (χ1n) is 8.15. The molecule has 1 aliphatic heterocycles. The van der Waals surface area contributed by atoms with Gasteiger partial charge in [-0.05, 0) is 49.7 Å². The molecule has 2 aromatic heterocycles. The molecule has 122 valence electrons. The van der Waals surface area contributed by atoms with Crippen LogP contribution in [0.1, 0.15) is 36.2 Å². The van der Waals surface area contributed by atoms with Crippen molar-refractivity contribution in [3.8, 4) is 0 Å². The number of furan rings is 1. The number of pyridine rings is 1. The van der Waals surface area contributed by atoms with Gasteiger partial charge in [0.1, 0.15) is 5.69 Å². The minimum atomic E-state index is -0.0614. The summed E-state index contributed by atoms with van der Waals surface area (Å²) in [5.74, 6) is 1.28. The summed E-state index contributed by atoms with van der Waals surface area (Å²) >= 11 is 0. The van der Waals surface area contributed by atoms with Gasteiger partial charge in [0.15, 0.2) is 5.58 Å². The molecule has 2 bridgehead atoms. The summed E-state index contributed by atoms with van der Waals surface area (Å²) in [6.07, 6.45) is 8.35. The highest BCUT2D eigenvalue weighted by molar-refractivity contribution is 5.95. The highest BCUT2D eigenvalue weighted by Crippen LogP contribution is 2.51. The maximum atomic E-state index is 12.6. The number of amides is 1. The molecule has 6 rings (SSSR count). The molecule has 1 spiro atoms. The van der Waals surface area contributed by atoms with Crippen molar-refractivity contribution in [1.82, 2.24) is 15.6 Å². The van der Waals surface area contributed by atoms with E-state index < -0.39 is 0 Å². The van der Waals surface area contributed by atoms with E-state index >= 15 is 0 Å². The standard InChI is InChI=1S/C17H19N3O2.ClH/c21-16(13-7-11-5-6-22-14(11)8-18-13)20-15-10-1-3-12(4-2-10)17(15)9-19-17;/h5-8,10,12,15,19H,1-4,9H2,(H,20,21);1H/t10?,12?,15?,17-;/m0./s1. The number of aromatic nitrogens is 1. The summed E-state index contributed by atoms with van der Waals surface area (Å²) in [5, 5.41) is 7.77. The quantitative estimate of drug-likeness (QED) is 0.828. The number of carbonyl (C=O) groups excluding carboxylic acids is 1. The zero-order valence-corrected chi connectivity index (χ0v) is 13.6. The second kappa shape index (κ2) is 5.21. The van der Waals surface area contributed by atoms with Crippen LogP contribution in [-0.4, -0.2) is 29.0 Å². The highest BCUT2D eigenvalue weighted by atomic mass is 35.5. The summed E-state index contributed by atoms with van der Waals surface area (Å²) < 4.78 is 5.28. The van der Waals surface area contributed by atoms with Gasteiger partial charge in [-0.3, -0.25) is 4.79 Å². The monoisotopic (exact) mass is 333 g/mol. The van der Waals surface area contributed by atoms with E-state index in [1.165, 1.54) is 25.7 Å². The number of hydrogen-bond acceptors (Lipinski definition) is 4. The van der Waals surface area contributed by atoms with Gasteiger partial charge in [-0.2, -0.15) is 0 Å². The van der Waals surface area contributed by atoms with Crippen molar-refractivity contribution in [3.05, 3.63) is 30.3 Å². The Morgan fingerprint density at radius 1 is 1.35 bits per heavy atom. The van der Waals surface area contributed by atoms with E-state index in [4.69, 9.17) is 4.42 Å². The minimum Gasteiger partial charge on any atom is -0.463 e. The van der Waals surface area contributed by atoms with E-state index in [0.717, 1.165) is 17.8 Å². The summed E-state index contributed by atoms with van der Waals surface area (Å²) in [4.78, 5) is 16.9. The molecule has 6 heteroatoms. The average molecular weight is 334 g/mol. The fraction of sp³-hybridized carbons (Fsp3) is 0.529. The number of carbonyl (C=O) groups is 1. The number of rotatable bonds is 2.